The van der Waals surface area contributed by atoms with E-state index >= 15 is 0 Å². The third-order valence-electron chi connectivity index (χ3n) is 4.69. The van der Waals surface area contributed by atoms with Gasteiger partial charge in [-0.15, -0.1) is 13.2 Å². The van der Waals surface area contributed by atoms with E-state index in [-0.39, 0.29) is 16.8 Å². The van der Waals surface area contributed by atoms with E-state index in [4.69, 9.17) is 0 Å². The first-order valence-electron chi connectivity index (χ1n) is 9.48. The number of rotatable bonds is 4. The van der Waals surface area contributed by atoms with Gasteiger partial charge in [0.25, 0.3) is 11.5 Å². The van der Waals surface area contributed by atoms with Crippen LogP contribution in [0, 0.1) is 6.92 Å². The number of anilines is 1. The average Bonchev–Trinajstić information content (AvgIpc) is 2.74. The maximum Gasteiger partial charge on any atom is 0.573 e. The van der Waals surface area contributed by atoms with Crippen LogP contribution in [-0.4, -0.2) is 21.8 Å². The molecule has 0 unspecified atom stereocenters. The van der Waals surface area contributed by atoms with Crippen molar-refractivity contribution in [1.82, 2.24) is 9.55 Å². The summed E-state index contributed by atoms with van der Waals surface area (Å²) in [6, 6.07) is 18.3. The largest absolute Gasteiger partial charge is 0.573 e. The Morgan fingerprint density at radius 1 is 0.969 bits per heavy atom. The number of hydrogen-bond acceptors (Lipinski definition) is 4. The molecule has 1 heterocycles. The Bertz CT molecular complexity index is 1360. The summed E-state index contributed by atoms with van der Waals surface area (Å²) in [5.41, 5.74) is 0.910. The molecule has 0 fully saturated rings. The number of carbonyl (C=O) groups excluding carboxylic acids is 1. The Labute approximate surface area is 179 Å². The fourth-order valence-corrected chi connectivity index (χ4v) is 3.29. The molecule has 0 atom stereocenters. The van der Waals surface area contributed by atoms with Crippen LogP contribution >= 0.6 is 0 Å². The van der Waals surface area contributed by atoms with Crippen LogP contribution in [-0.2, 0) is 0 Å². The van der Waals surface area contributed by atoms with Crippen molar-refractivity contribution in [3.63, 3.8) is 0 Å². The van der Waals surface area contributed by atoms with Crippen molar-refractivity contribution in [2.45, 2.75) is 13.3 Å². The molecule has 0 saturated carbocycles. The lowest BCUT2D eigenvalue weighted by Gasteiger charge is -2.14. The van der Waals surface area contributed by atoms with Gasteiger partial charge >= 0.3 is 6.36 Å². The summed E-state index contributed by atoms with van der Waals surface area (Å²) in [4.78, 5) is 29.9. The number of carbonyl (C=O) groups is 1. The zero-order valence-electron chi connectivity index (χ0n) is 16.7. The first-order chi connectivity index (χ1) is 15.2. The molecule has 0 bridgehead atoms. The van der Waals surface area contributed by atoms with Gasteiger partial charge in [0.05, 0.1) is 22.3 Å². The zero-order chi connectivity index (χ0) is 22.9. The van der Waals surface area contributed by atoms with Crippen LogP contribution in [0.5, 0.6) is 5.75 Å². The van der Waals surface area contributed by atoms with E-state index in [2.05, 4.69) is 15.0 Å². The molecule has 1 amide bonds. The van der Waals surface area contributed by atoms with Crippen LogP contribution in [0.1, 0.15) is 16.2 Å². The molecular weight excluding hydrogens is 423 g/mol. The van der Waals surface area contributed by atoms with Gasteiger partial charge in [0.15, 0.2) is 5.75 Å². The fourth-order valence-electron chi connectivity index (χ4n) is 3.29. The zero-order valence-corrected chi connectivity index (χ0v) is 16.7. The number of fused-ring (bicyclic) bond motifs is 1. The molecule has 0 saturated heterocycles. The lowest BCUT2D eigenvalue weighted by molar-refractivity contribution is -0.274. The van der Waals surface area contributed by atoms with E-state index in [1.165, 1.54) is 34.9 Å². The highest BCUT2D eigenvalue weighted by Gasteiger charge is 2.32. The molecule has 162 valence electrons. The molecular formula is C23H16F3N3O3. The normalized spacial score (nSPS) is 11.4. The SMILES string of the molecule is Cc1nc2ccccc2c(=O)n1-c1ccc(C(=O)Nc2ccccc2OC(F)(F)F)cc1. The monoisotopic (exact) mass is 439 g/mol. The van der Waals surface area contributed by atoms with E-state index in [1.807, 2.05) is 0 Å². The van der Waals surface area contributed by atoms with Gasteiger partial charge in [-0.3, -0.25) is 14.2 Å². The molecule has 1 aromatic heterocycles. The number of alkyl halides is 3. The highest BCUT2D eigenvalue weighted by atomic mass is 19.4. The van der Waals surface area contributed by atoms with Crippen molar-refractivity contribution in [2.75, 3.05) is 5.32 Å². The summed E-state index contributed by atoms with van der Waals surface area (Å²) >= 11 is 0. The molecule has 0 spiro atoms. The molecule has 0 aliphatic rings. The Morgan fingerprint density at radius 2 is 1.62 bits per heavy atom. The first kappa shape index (κ1) is 21.1. The highest BCUT2D eigenvalue weighted by molar-refractivity contribution is 6.05. The number of para-hydroxylation sites is 3. The molecule has 0 radical (unpaired) electrons. The summed E-state index contributed by atoms with van der Waals surface area (Å²) in [7, 11) is 0. The van der Waals surface area contributed by atoms with E-state index in [1.54, 1.807) is 43.3 Å². The number of aryl methyl sites for hydroxylation is 1. The van der Waals surface area contributed by atoms with Gasteiger partial charge in [-0.25, -0.2) is 4.98 Å². The summed E-state index contributed by atoms with van der Waals surface area (Å²) in [5, 5.41) is 2.87. The molecule has 9 heteroatoms. The van der Waals surface area contributed by atoms with Crippen LogP contribution in [0.2, 0.25) is 0 Å². The molecule has 0 aliphatic carbocycles. The van der Waals surface area contributed by atoms with Crippen LogP contribution in [0.4, 0.5) is 18.9 Å². The standard InChI is InChI=1S/C23H16F3N3O3/c1-14-27-18-7-3-2-6-17(18)22(31)29(14)16-12-10-15(11-13-16)21(30)28-19-8-4-5-9-20(19)32-23(24,25)26/h2-13H,1H3,(H,28,30). The number of aromatic nitrogens is 2. The van der Waals surface area contributed by atoms with E-state index in [0.717, 1.165) is 6.07 Å². The van der Waals surface area contributed by atoms with Gasteiger partial charge in [-0.2, -0.15) is 0 Å². The second kappa shape index (κ2) is 8.18. The second-order valence-electron chi connectivity index (χ2n) is 6.86. The Balaban J connectivity index is 1.61. The summed E-state index contributed by atoms with van der Waals surface area (Å²) < 4.78 is 43.1. The Kier molecular flexibility index (Phi) is 5.40. The molecule has 6 nitrogen and oxygen atoms in total. The smallest absolute Gasteiger partial charge is 0.404 e. The van der Waals surface area contributed by atoms with Crippen LogP contribution in [0.15, 0.2) is 77.6 Å². The molecule has 1 N–H and O–H groups in total. The molecule has 32 heavy (non-hydrogen) atoms. The minimum Gasteiger partial charge on any atom is -0.404 e. The number of nitrogens with one attached hydrogen (secondary N) is 1. The van der Waals surface area contributed by atoms with Crippen molar-refractivity contribution < 1.29 is 22.7 Å². The Hall–Kier alpha value is -4.14. The molecule has 3 aromatic carbocycles. The van der Waals surface area contributed by atoms with Crippen molar-refractivity contribution in [1.29, 1.82) is 0 Å². The van der Waals surface area contributed by atoms with Crippen molar-refractivity contribution in [3.8, 4) is 11.4 Å². The number of halogens is 3. The number of hydrogen-bond donors (Lipinski definition) is 1. The average molecular weight is 439 g/mol. The lowest BCUT2D eigenvalue weighted by Crippen LogP contribution is -2.22. The lowest BCUT2D eigenvalue weighted by atomic mass is 10.1. The van der Waals surface area contributed by atoms with Crippen molar-refractivity contribution in [3.05, 3.63) is 94.5 Å². The second-order valence-corrected chi connectivity index (χ2v) is 6.86. The highest BCUT2D eigenvalue weighted by Crippen LogP contribution is 2.30. The fraction of sp³-hybridized carbons (Fsp3) is 0.0870. The van der Waals surface area contributed by atoms with Gasteiger partial charge in [-0.1, -0.05) is 24.3 Å². The minimum atomic E-state index is -4.89. The van der Waals surface area contributed by atoms with Gasteiger partial charge in [0, 0.05) is 5.56 Å². The number of benzene rings is 3. The van der Waals surface area contributed by atoms with Gasteiger partial charge in [0.2, 0.25) is 0 Å². The third kappa shape index (κ3) is 4.31. The number of ether oxygens (including phenoxy) is 1. The van der Waals surface area contributed by atoms with Crippen LogP contribution < -0.4 is 15.6 Å². The minimum absolute atomic E-state index is 0.121. The molecule has 4 aromatic rings. The van der Waals surface area contributed by atoms with Crippen molar-refractivity contribution in [2.24, 2.45) is 0 Å². The van der Waals surface area contributed by atoms with E-state index < -0.39 is 18.0 Å². The van der Waals surface area contributed by atoms with E-state index in [0.29, 0.717) is 22.4 Å². The molecule has 4 rings (SSSR count). The topological polar surface area (TPSA) is 73.2 Å². The van der Waals surface area contributed by atoms with Gasteiger partial charge in [-0.05, 0) is 55.5 Å². The van der Waals surface area contributed by atoms with Gasteiger partial charge in [0.1, 0.15) is 5.82 Å². The third-order valence-corrected chi connectivity index (χ3v) is 4.69. The van der Waals surface area contributed by atoms with E-state index in [9.17, 15) is 22.8 Å². The Morgan fingerprint density at radius 3 is 2.34 bits per heavy atom. The predicted molar refractivity (Wildman–Crippen MR) is 113 cm³/mol. The number of nitrogens with zero attached hydrogens (tertiary/aromatic N) is 2. The van der Waals surface area contributed by atoms with Gasteiger partial charge < -0.3 is 10.1 Å². The van der Waals surface area contributed by atoms with Crippen molar-refractivity contribution >= 4 is 22.5 Å². The van der Waals surface area contributed by atoms with Crippen LogP contribution in [0.25, 0.3) is 16.6 Å². The molecule has 0 aliphatic heterocycles. The summed E-state index contributed by atoms with van der Waals surface area (Å²) in [6.07, 6.45) is -4.89. The summed E-state index contributed by atoms with van der Waals surface area (Å²) in [6.45, 7) is 1.70. The maximum absolute atomic E-state index is 12.9. The quantitative estimate of drug-likeness (QED) is 0.494. The number of amides is 1. The first-order valence-corrected chi connectivity index (χ1v) is 9.48. The van der Waals surface area contributed by atoms with Crippen LogP contribution in [0.3, 0.4) is 0 Å². The predicted octanol–water partition coefficient (Wildman–Crippen LogP) is 4.85. The summed E-state index contributed by atoms with van der Waals surface area (Å²) in [5.74, 6) is -0.672. The maximum atomic E-state index is 12.9.